The van der Waals surface area contributed by atoms with Gasteiger partial charge in [0, 0.05) is 18.6 Å². The monoisotopic (exact) mass is 389 g/mol. The normalized spacial score (nSPS) is 11.7. The van der Waals surface area contributed by atoms with E-state index in [9.17, 15) is 9.59 Å². The summed E-state index contributed by atoms with van der Waals surface area (Å²) in [7, 11) is 3.37. The first kappa shape index (κ1) is 20.7. The Hall–Kier alpha value is -2.57. The van der Waals surface area contributed by atoms with Crippen LogP contribution in [0.3, 0.4) is 0 Å². The molecule has 0 aliphatic heterocycles. The van der Waals surface area contributed by atoms with Crippen molar-refractivity contribution in [2.45, 2.75) is 6.04 Å². The van der Waals surface area contributed by atoms with Crippen molar-refractivity contribution in [3.8, 4) is 5.75 Å². The third-order valence-electron chi connectivity index (χ3n) is 3.92. The number of amides is 2. The number of ether oxygens (including phenoxy) is 1. The lowest BCUT2D eigenvalue weighted by Crippen LogP contribution is -2.43. The van der Waals surface area contributed by atoms with Gasteiger partial charge in [-0.2, -0.15) is 0 Å². The van der Waals surface area contributed by atoms with Gasteiger partial charge in [-0.05, 0) is 36.9 Å². The molecule has 1 atom stereocenters. The van der Waals surface area contributed by atoms with Crippen molar-refractivity contribution < 1.29 is 14.3 Å². The largest absolute Gasteiger partial charge is 0.492 e. The average Bonchev–Trinajstić information content (AvgIpc) is 2.67. The summed E-state index contributed by atoms with van der Waals surface area (Å²) in [4.78, 5) is 26.3. The predicted molar refractivity (Wildman–Crippen MR) is 106 cm³/mol. The first-order valence-corrected chi connectivity index (χ1v) is 9.00. The van der Waals surface area contributed by atoms with E-state index in [0.29, 0.717) is 18.2 Å². The molecule has 2 rings (SSSR count). The highest BCUT2D eigenvalue weighted by atomic mass is 35.5. The Morgan fingerprint density at radius 2 is 1.78 bits per heavy atom. The molecule has 0 bridgehead atoms. The highest BCUT2D eigenvalue weighted by molar-refractivity contribution is 6.30. The highest BCUT2D eigenvalue weighted by Gasteiger charge is 2.21. The minimum absolute atomic E-state index is 0.157. The van der Waals surface area contributed by atoms with E-state index in [1.807, 2.05) is 42.3 Å². The second kappa shape index (κ2) is 10.5. The number of hydrogen-bond donors (Lipinski definition) is 2. The lowest BCUT2D eigenvalue weighted by atomic mass is 10.1. The fraction of sp³-hybridized carbons (Fsp3) is 0.300. The van der Waals surface area contributed by atoms with Gasteiger partial charge in [-0.15, -0.1) is 0 Å². The lowest BCUT2D eigenvalue weighted by molar-refractivity contribution is -0.129. The first-order chi connectivity index (χ1) is 13.0. The van der Waals surface area contributed by atoms with Gasteiger partial charge >= 0.3 is 0 Å². The minimum Gasteiger partial charge on any atom is -0.492 e. The molecule has 2 N–H and O–H groups in total. The quantitative estimate of drug-likeness (QED) is 0.690. The number of carbonyl (C=O) groups is 2. The predicted octanol–water partition coefficient (Wildman–Crippen LogP) is 2.25. The van der Waals surface area contributed by atoms with Gasteiger partial charge in [0.2, 0.25) is 11.8 Å². The fourth-order valence-electron chi connectivity index (χ4n) is 2.47. The van der Waals surface area contributed by atoms with Gasteiger partial charge < -0.3 is 15.4 Å². The molecule has 2 amide bonds. The van der Waals surface area contributed by atoms with Crippen LogP contribution in [0.5, 0.6) is 5.75 Å². The third kappa shape index (κ3) is 6.92. The molecular formula is C20H24ClN3O3. The van der Waals surface area contributed by atoms with E-state index in [-0.39, 0.29) is 18.4 Å². The van der Waals surface area contributed by atoms with Crippen LogP contribution in [0, 0.1) is 0 Å². The average molecular weight is 390 g/mol. The maximum atomic E-state index is 12.3. The summed E-state index contributed by atoms with van der Waals surface area (Å²) >= 11 is 5.84. The Labute approximate surface area is 164 Å². The van der Waals surface area contributed by atoms with Gasteiger partial charge in [0.25, 0.3) is 0 Å². The molecule has 0 aromatic heterocycles. The molecule has 0 saturated carbocycles. The van der Waals surface area contributed by atoms with Gasteiger partial charge in [-0.1, -0.05) is 41.9 Å². The molecule has 0 radical (unpaired) electrons. The van der Waals surface area contributed by atoms with Gasteiger partial charge in [0.05, 0.1) is 6.54 Å². The summed E-state index contributed by atoms with van der Waals surface area (Å²) in [5, 5.41) is 6.02. The van der Waals surface area contributed by atoms with Gasteiger partial charge in [0.15, 0.2) is 0 Å². The van der Waals surface area contributed by atoms with E-state index in [0.717, 1.165) is 11.3 Å². The van der Waals surface area contributed by atoms with Crippen molar-refractivity contribution in [3.63, 3.8) is 0 Å². The summed E-state index contributed by atoms with van der Waals surface area (Å²) in [6, 6.07) is 15.5. The van der Waals surface area contributed by atoms with E-state index < -0.39 is 6.04 Å². The molecule has 6 nitrogen and oxygen atoms in total. The van der Waals surface area contributed by atoms with Crippen molar-refractivity contribution in [1.29, 1.82) is 0 Å². The number of nitrogens with one attached hydrogen (secondary N) is 2. The van der Waals surface area contributed by atoms with E-state index in [4.69, 9.17) is 16.3 Å². The van der Waals surface area contributed by atoms with Gasteiger partial charge in [-0.25, -0.2) is 0 Å². The number of carbonyl (C=O) groups excluding carboxylic acids is 2. The van der Waals surface area contributed by atoms with Crippen LogP contribution in [0.25, 0.3) is 0 Å². The molecule has 0 aliphatic rings. The zero-order chi connectivity index (χ0) is 19.6. The zero-order valence-corrected chi connectivity index (χ0v) is 16.2. The van der Waals surface area contributed by atoms with E-state index in [1.165, 1.54) is 0 Å². The number of benzene rings is 2. The minimum atomic E-state index is -0.720. The molecule has 0 saturated heterocycles. The van der Waals surface area contributed by atoms with Crippen molar-refractivity contribution >= 4 is 23.4 Å². The Balaban J connectivity index is 1.81. The first-order valence-electron chi connectivity index (χ1n) is 8.62. The van der Waals surface area contributed by atoms with Crippen LogP contribution in [0.1, 0.15) is 11.6 Å². The van der Waals surface area contributed by atoms with Crippen LogP contribution in [0.2, 0.25) is 5.02 Å². The van der Waals surface area contributed by atoms with Crippen molar-refractivity contribution in [2.75, 3.05) is 33.8 Å². The summed E-state index contributed by atoms with van der Waals surface area (Å²) in [6.07, 6.45) is 0. The van der Waals surface area contributed by atoms with Crippen LogP contribution < -0.4 is 15.4 Å². The van der Waals surface area contributed by atoms with Crippen LogP contribution in [0.15, 0.2) is 54.6 Å². The molecule has 2 aromatic carbocycles. The maximum Gasteiger partial charge on any atom is 0.246 e. The Bertz CT molecular complexity index is 738. The summed E-state index contributed by atoms with van der Waals surface area (Å²) < 4.78 is 5.62. The van der Waals surface area contributed by atoms with E-state index >= 15 is 0 Å². The topological polar surface area (TPSA) is 70.7 Å². The molecule has 0 heterocycles. The summed E-state index contributed by atoms with van der Waals surface area (Å²) in [5.74, 6) is 0.228. The lowest BCUT2D eigenvalue weighted by Gasteiger charge is -2.21. The summed E-state index contributed by atoms with van der Waals surface area (Å²) in [5.41, 5.74) is 0.735. The molecule has 1 unspecified atom stereocenters. The Kier molecular flexibility index (Phi) is 8.10. The molecule has 2 aromatic rings. The number of rotatable bonds is 9. The Morgan fingerprint density at radius 3 is 2.41 bits per heavy atom. The zero-order valence-electron chi connectivity index (χ0n) is 15.4. The Morgan fingerprint density at radius 1 is 1.11 bits per heavy atom. The molecule has 0 fully saturated rings. The van der Waals surface area contributed by atoms with Crippen LogP contribution in [-0.4, -0.2) is 50.5 Å². The fourth-order valence-corrected chi connectivity index (χ4v) is 2.60. The standard InChI is InChI=1S/C20H24ClN3O3/c1-22-20(26)19(15-6-4-3-5-7-15)23-18(25)14-24(2)12-13-27-17-10-8-16(21)9-11-17/h3-11,19H,12-14H2,1-2H3,(H,22,26)(H,23,25). The number of halogens is 1. The molecule has 144 valence electrons. The molecular weight excluding hydrogens is 366 g/mol. The SMILES string of the molecule is CNC(=O)C(NC(=O)CN(C)CCOc1ccc(Cl)cc1)c1ccccc1. The summed E-state index contributed by atoms with van der Waals surface area (Å²) in [6.45, 7) is 1.15. The molecule has 0 spiro atoms. The molecule has 27 heavy (non-hydrogen) atoms. The van der Waals surface area contributed by atoms with Gasteiger partial charge in [0.1, 0.15) is 18.4 Å². The number of hydrogen-bond acceptors (Lipinski definition) is 4. The second-order valence-corrected chi connectivity index (χ2v) is 6.50. The maximum absolute atomic E-state index is 12.3. The van der Waals surface area contributed by atoms with Crippen LogP contribution >= 0.6 is 11.6 Å². The third-order valence-corrected chi connectivity index (χ3v) is 4.17. The second-order valence-electron chi connectivity index (χ2n) is 6.07. The highest BCUT2D eigenvalue weighted by Crippen LogP contribution is 2.15. The number of nitrogens with zero attached hydrogens (tertiary/aromatic N) is 1. The van der Waals surface area contributed by atoms with Crippen molar-refractivity contribution in [3.05, 3.63) is 65.2 Å². The molecule has 7 heteroatoms. The number of likely N-dealkylation sites (N-methyl/N-ethyl adjacent to an activating group) is 2. The smallest absolute Gasteiger partial charge is 0.246 e. The van der Waals surface area contributed by atoms with Gasteiger partial charge in [-0.3, -0.25) is 14.5 Å². The van der Waals surface area contributed by atoms with Crippen molar-refractivity contribution in [2.24, 2.45) is 0 Å². The van der Waals surface area contributed by atoms with Crippen LogP contribution in [-0.2, 0) is 9.59 Å². The van der Waals surface area contributed by atoms with E-state index in [2.05, 4.69) is 10.6 Å². The van der Waals surface area contributed by atoms with Crippen LogP contribution in [0.4, 0.5) is 0 Å². The van der Waals surface area contributed by atoms with E-state index in [1.54, 1.807) is 31.3 Å². The van der Waals surface area contributed by atoms with Crippen molar-refractivity contribution in [1.82, 2.24) is 15.5 Å². The molecule has 0 aliphatic carbocycles.